The van der Waals surface area contributed by atoms with Crippen LogP contribution in [-0.4, -0.2) is 48.2 Å². The number of hydrogen-bond acceptors (Lipinski definition) is 5. The summed E-state index contributed by atoms with van der Waals surface area (Å²) < 4.78 is 11.3. The van der Waals surface area contributed by atoms with E-state index >= 15 is 0 Å². The van der Waals surface area contributed by atoms with Crippen molar-refractivity contribution in [3.63, 3.8) is 0 Å². The summed E-state index contributed by atoms with van der Waals surface area (Å²) in [6.45, 7) is 2.38. The van der Waals surface area contributed by atoms with E-state index in [2.05, 4.69) is 16.0 Å². The van der Waals surface area contributed by atoms with Crippen molar-refractivity contribution in [3.05, 3.63) is 84.2 Å². The molecule has 0 spiro atoms. The highest BCUT2D eigenvalue weighted by Gasteiger charge is 2.42. The van der Waals surface area contributed by atoms with Gasteiger partial charge >= 0.3 is 0 Å². The van der Waals surface area contributed by atoms with Gasteiger partial charge < -0.3 is 15.2 Å². The number of primary amides is 1. The first-order chi connectivity index (χ1) is 15.1. The average Bonchev–Trinajstić information content (AvgIpc) is 2.80. The lowest BCUT2D eigenvalue weighted by atomic mass is 9.90. The number of nitrogens with zero attached hydrogens (tertiary/aromatic N) is 2. The van der Waals surface area contributed by atoms with E-state index in [9.17, 15) is 4.79 Å². The molecule has 6 nitrogen and oxygen atoms in total. The molecule has 2 aromatic carbocycles. The molecule has 1 fully saturated rings. The fourth-order valence-corrected chi connectivity index (χ4v) is 4.05. The largest absolute Gasteiger partial charge is 0.497 e. The number of nitrogens with two attached hydrogens (primary N) is 1. The minimum absolute atomic E-state index is 0.426. The lowest BCUT2D eigenvalue weighted by Gasteiger charge is -2.41. The Morgan fingerprint density at radius 1 is 1.13 bits per heavy atom. The van der Waals surface area contributed by atoms with Crippen molar-refractivity contribution in [2.45, 2.75) is 18.6 Å². The highest BCUT2D eigenvalue weighted by molar-refractivity contribution is 5.84. The molecule has 1 unspecified atom stereocenters. The van der Waals surface area contributed by atoms with Gasteiger partial charge in [0.25, 0.3) is 5.91 Å². The Morgan fingerprint density at radius 3 is 2.65 bits per heavy atom. The van der Waals surface area contributed by atoms with Crippen molar-refractivity contribution in [1.82, 2.24) is 9.88 Å². The van der Waals surface area contributed by atoms with Crippen molar-refractivity contribution < 1.29 is 14.3 Å². The molecule has 1 saturated heterocycles. The molecular weight excluding hydrogens is 390 g/mol. The van der Waals surface area contributed by atoms with Crippen LogP contribution in [-0.2, 0) is 22.5 Å². The fraction of sp³-hybridized carbons (Fsp3) is 0.280. The number of hydrogen-bond donors (Lipinski definition) is 1. The Kier molecular flexibility index (Phi) is 6.30. The van der Waals surface area contributed by atoms with Crippen LogP contribution >= 0.6 is 0 Å². The van der Waals surface area contributed by atoms with E-state index in [1.165, 1.54) is 0 Å². The van der Waals surface area contributed by atoms with Crippen molar-refractivity contribution in [1.29, 1.82) is 0 Å². The van der Waals surface area contributed by atoms with Gasteiger partial charge in [0, 0.05) is 38.4 Å². The summed E-state index contributed by atoms with van der Waals surface area (Å²) in [7, 11) is 1.65. The molecule has 3 aromatic rings. The minimum Gasteiger partial charge on any atom is -0.497 e. The molecule has 0 saturated carbocycles. The predicted molar refractivity (Wildman–Crippen MR) is 120 cm³/mol. The molecule has 160 valence electrons. The van der Waals surface area contributed by atoms with Crippen LogP contribution in [0, 0.1) is 0 Å². The lowest BCUT2D eigenvalue weighted by Crippen LogP contribution is -2.59. The van der Waals surface area contributed by atoms with Crippen LogP contribution in [0.1, 0.15) is 11.1 Å². The van der Waals surface area contributed by atoms with Crippen molar-refractivity contribution >= 4 is 5.91 Å². The normalized spacial score (nSPS) is 19.1. The van der Waals surface area contributed by atoms with Gasteiger partial charge in [-0.1, -0.05) is 42.5 Å². The standard InChI is InChI=1S/C25H27N3O3/c1-30-23-9-7-19(8-10-23)17-28-12-13-31-25(18-28,24(26)29)15-20-4-2-5-21(14-20)22-6-3-11-27-16-22/h2-11,14,16H,12-13,15,17-18H2,1H3,(H2,26,29). The van der Waals surface area contributed by atoms with Gasteiger partial charge in [0.1, 0.15) is 5.75 Å². The number of carbonyl (C=O) groups excluding carboxylic acids is 1. The van der Waals surface area contributed by atoms with Crippen LogP contribution in [0.3, 0.4) is 0 Å². The Labute approximate surface area is 182 Å². The predicted octanol–water partition coefficient (Wildman–Crippen LogP) is 3.06. The topological polar surface area (TPSA) is 77.7 Å². The molecule has 1 atom stereocenters. The SMILES string of the molecule is COc1ccc(CN2CCOC(Cc3cccc(-c4cccnc4)c3)(C(N)=O)C2)cc1. The van der Waals surface area contributed by atoms with E-state index in [-0.39, 0.29) is 0 Å². The molecule has 1 aliphatic rings. The number of morpholine rings is 1. The zero-order chi connectivity index (χ0) is 21.7. The third-order valence-corrected chi connectivity index (χ3v) is 5.69. The molecule has 4 rings (SSSR count). The number of carbonyl (C=O) groups is 1. The van der Waals surface area contributed by atoms with Crippen LogP contribution in [0.2, 0.25) is 0 Å². The molecule has 1 aromatic heterocycles. The van der Waals surface area contributed by atoms with Gasteiger partial charge in [-0.3, -0.25) is 14.7 Å². The Bertz CT molecular complexity index is 1020. The number of pyridine rings is 1. The molecule has 2 heterocycles. The van der Waals surface area contributed by atoms with E-state index in [1.807, 2.05) is 60.8 Å². The highest BCUT2D eigenvalue weighted by Crippen LogP contribution is 2.27. The molecule has 0 radical (unpaired) electrons. The molecule has 0 bridgehead atoms. The number of aromatic nitrogens is 1. The number of rotatable bonds is 7. The third kappa shape index (κ3) is 4.93. The molecule has 6 heteroatoms. The average molecular weight is 418 g/mol. The van der Waals surface area contributed by atoms with Crippen LogP contribution < -0.4 is 10.5 Å². The number of benzene rings is 2. The number of methoxy groups -OCH3 is 1. The van der Waals surface area contributed by atoms with E-state index < -0.39 is 11.5 Å². The van der Waals surface area contributed by atoms with E-state index in [4.69, 9.17) is 15.2 Å². The van der Waals surface area contributed by atoms with E-state index in [1.54, 1.807) is 13.3 Å². The number of ether oxygens (including phenoxy) is 2. The molecule has 1 aliphatic heterocycles. The molecule has 2 N–H and O–H groups in total. The first kappa shape index (κ1) is 21.0. The molecule has 1 amide bonds. The maximum Gasteiger partial charge on any atom is 0.251 e. The van der Waals surface area contributed by atoms with Crippen LogP contribution in [0.5, 0.6) is 5.75 Å². The van der Waals surface area contributed by atoms with Crippen molar-refractivity contribution in [2.75, 3.05) is 26.8 Å². The van der Waals surface area contributed by atoms with Gasteiger partial charge in [-0.2, -0.15) is 0 Å². The molecule has 31 heavy (non-hydrogen) atoms. The van der Waals surface area contributed by atoms with Gasteiger partial charge in [-0.05, 0) is 40.5 Å². The molecular formula is C25H27N3O3. The summed E-state index contributed by atoms with van der Waals surface area (Å²) >= 11 is 0. The van der Waals surface area contributed by atoms with Crippen LogP contribution in [0.25, 0.3) is 11.1 Å². The van der Waals surface area contributed by atoms with Crippen molar-refractivity contribution in [2.24, 2.45) is 5.73 Å². The van der Waals surface area contributed by atoms with Gasteiger partial charge in [0.15, 0.2) is 5.60 Å². The van der Waals surface area contributed by atoms with Gasteiger partial charge in [-0.15, -0.1) is 0 Å². The van der Waals surface area contributed by atoms with E-state index in [0.717, 1.165) is 41.1 Å². The first-order valence-electron chi connectivity index (χ1n) is 10.4. The van der Waals surface area contributed by atoms with Crippen LogP contribution in [0.15, 0.2) is 73.1 Å². The first-order valence-corrected chi connectivity index (χ1v) is 10.4. The second-order valence-electron chi connectivity index (χ2n) is 7.88. The summed E-state index contributed by atoms with van der Waals surface area (Å²) in [5.74, 6) is 0.393. The zero-order valence-electron chi connectivity index (χ0n) is 17.7. The summed E-state index contributed by atoms with van der Waals surface area (Å²) in [5.41, 5.74) is 9.06. The van der Waals surface area contributed by atoms with E-state index in [0.29, 0.717) is 19.6 Å². The smallest absolute Gasteiger partial charge is 0.251 e. The van der Waals surface area contributed by atoms with Gasteiger partial charge in [0.2, 0.25) is 0 Å². The Balaban J connectivity index is 1.52. The summed E-state index contributed by atoms with van der Waals surface area (Å²) in [4.78, 5) is 19.0. The van der Waals surface area contributed by atoms with Gasteiger partial charge in [-0.25, -0.2) is 0 Å². The second-order valence-corrected chi connectivity index (χ2v) is 7.88. The second kappa shape index (κ2) is 9.29. The zero-order valence-corrected chi connectivity index (χ0v) is 17.7. The fourth-order valence-electron chi connectivity index (χ4n) is 4.05. The minimum atomic E-state index is -1.06. The Morgan fingerprint density at radius 2 is 1.94 bits per heavy atom. The number of amides is 1. The monoisotopic (exact) mass is 417 g/mol. The highest BCUT2D eigenvalue weighted by atomic mass is 16.5. The summed E-state index contributed by atoms with van der Waals surface area (Å²) in [5, 5.41) is 0. The maximum absolute atomic E-state index is 12.6. The van der Waals surface area contributed by atoms with Crippen molar-refractivity contribution in [3.8, 4) is 16.9 Å². The lowest BCUT2D eigenvalue weighted by molar-refractivity contribution is -0.157. The third-order valence-electron chi connectivity index (χ3n) is 5.69. The maximum atomic E-state index is 12.6. The molecule has 0 aliphatic carbocycles. The summed E-state index contributed by atoms with van der Waals surface area (Å²) in [6, 6.07) is 20.0. The Hall–Kier alpha value is -3.22. The summed E-state index contributed by atoms with van der Waals surface area (Å²) in [6.07, 6.45) is 4.01. The quantitative estimate of drug-likeness (QED) is 0.639. The van der Waals surface area contributed by atoms with Gasteiger partial charge in [0.05, 0.1) is 13.7 Å². The van der Waals surface area contributed by atoms with Crippen LogP contribution in [0.4, 0.5) is 0 Å².